The molecule has 32 heavy (non-hydrogen) atoms. The second-order valence-electron chi connectivity index (χ2n) is 8.01. The summed E-state index contributed by atoms with van der Waals surface area (Å²) < 4.78 is 11.3. The van der Waals surface area contributed by atoms with Crippen LogP contribution in [0.25, 0.3) is 21.9 Å². The van der Waals surface area contributed by atoms with Gasteiger partial charge in [-0.25, -0.2) is 9.59 Å². The molecule has 0 aliphatic heterocycles. The van der Waals surface area contributed by atoms with Gasteiger partial charge in [-0.05, 0) is 49.1 Å². The van der Waals surface area contributed by atoms with Gasteiger partial charge < -0.3 is 19.3 Å². The molecule has 0 saturated carbocycles. The van der Waals surface area contributed by atoms with Crippen molar-refractivity contribution in [2.45, 2.75) is 39.7 Å². The number of fused-ring (bicyclic) bond motifs is 3. The Morgan fingerprint density at radius 2 is 1.78 bits per heavy atom. The highest BCUT2D eigenvalue weighted by atomic mass is 16.4. The largest absolute Gasteiger partial charge is 0.480 e. The number of aliphatic carboxylic acids is 1. The van der Waals surface area contributed by atoms with Gasteiger partial charge in [-0.1, -0.05) is 30.3 Å². The number of furan rings is 1. The molecule has 0 spiro atoms. The van der Waals surface area contributed by atoms with Crippen LogP contribution in [0.4, 0.5) is 0 Å². The lowest BCUT2D eigenvalue weighted by Crippen LogP contribution is -2.43. The Morgan fingerprint density at radius 1 is 1.06 bits per heavy atom. The summed E-state index contributed by atoms with van der Waals surface area (Å²) in [4.78, 5) is 37.0. The SMILES string of the molecule is Cc1coc2c1c(C)cc1oc(=O)c(CC(=O)N[C@@H](Cc3ccccc3)C(=O)O)c(C)c12. The van der Waals surface area contributed by atoms with Gasteiger partial charge in [0, 0.05) is 11.8 Å². The van der Waals surface area contributed by atoms with E-state index in [1.165, 1.54) is 0 Å². The van der Waals surface area contributed by atoms with Crippen molar-refractivity contribution < 1.29 is 23.5 Å². The molecule has 7 nitrogen and oxygen atoms in total. The van der Waals surface area contributed by atoms with Crippen molar-refractivity contribution in [3.63, 3.8) is 0 Å². The van der Waals surface area contributed by atoms with Crippen LogP contribution in [0, 0.1) is 20.8 Å². The van der Waals surface area contributed by atoms with Crippen molar-refractivity contribution in [3.05, 3.63) is 80.9 Å². The number of hydrogen-bond donors (Lipinski definition) is 2. The van der Waals surface area contributed by atoms with E-state index in [2.05, 4.69) is 5.32 Å². The van der Waals surface area contributed by atoms with Gasteiger partial charge in [-0.3, -0.25) is 4.79 Å². The first-order valence-electron chi connectivity index (χ1n) is 10.3. The van der Waals surface area contributed by atoms with E-state index in [1.54, 1.807) is 43.5 Å². The smallest absolute Gasteiger partial charge is 0.340 e. The average Bonchev–Trinajstić information content (AvgIpc) is 3.13. The molecule has 0 unspecified atom stereocenters. The molecule has 2 aromatic carbocycles. The predicted molar refractivity (Wildman–Crippen MR) is 120 cm³/mol. The summed E-state index contributed by atoms with van der Waals surface area (Å²) in [5, 5.41) is 13.6. The second-order valence-corrected chi connectivity index (χ2v) is 8.01. The Balaban J connectivity index is 1.67. The van der Waals surface area contributed by atoms with E-state index in [-0.39, 0.29) is 18.4 Å². The van der Waals surface area contributed by atoms with Crippen molar-refractivity contribution >= 4 is 33.8 Å². The van der Waals surface area contributed by atoms with Crippen molar-refractivity contribution in [2.24, 2.45) is 0 Å². The molecule has 0 bridgehead atoms. The van der Waals surface area contributed by atoms with Crippen LogP contribution in [0.1, 0.15) is 27.8 Å². The minimum absolute atomic E-state index is 0.138. The van der Waals surface area contributed by atoms with Gasteiger partial charge in [-0.2, -0.15) is 0 Å². The highest BCUT2D eigenvalue weighted by molar-refractivity contribution is 6.07. The van der Waals surface area contributed by atoms with Gasteiger partial charge in [0.1, 0.15) is 17.2 Å². The maximum absolute atomic E-state index is 12.7. The fourth-order valence-corrected chi connectivity index (χ4v) is 4.13. The molecule has 2 N–H and O–H groups in total. The van der Waals surface area contributed by atoms with Crippen molar-refractivity contribution in [2.75, 3.05) is 0 Å². The number of nitrogens with one attached hydrogen (secondary N) is 1. The Morgan fingerprint density at radius 3 is 2.47 bits per heavy atom. The molecule has 1 atom stereocenters. The second kappa shape index (κ2) is 8.34. The first-order valence-corrected chi connectivity index (χ1v) is 10.3. The highest BCUT2D eigenvalue weighted by Crippen LogP contribution is 2.34. The molecule has 7 heteroatoms. The van der Waals surface area contributed by atoms with E-state index < -0.39 is 23.5 Å². The maximum Gasteiger partial charge on any atom is 0.340 e. The van der Waals surface area contributed by atoms with E-state index >= 15 is 0 Å². The van der Waals surface area contributed by atoms with Crippen LogP contribution < -0.4 is 10.9 Å². The Kier molecular flexibility index (Phi) is 5.57. The summed E-state index contributed by atoms with van der Waals surface area (Å²) in [5.41, 5.74) is 3.82. The standard InChI is InChI=1S/C25H23NO6/c1-13-9-19-22(23-21(13)14(2)12-31-23)15(3)17(25(30)32-19)11-20(27)26-18(24(28)29)10-16-7-5-4-6-8-16/h4-9,12,18H,10-11H2,1-3H3,(H,26,27)(H,28,29)/t18-/m0/s1. The molecular formula is C25H23NO6. The van der Waals surface area contributed by atoms with Crippen LogP contribution in [0.5, 0.6) is 0 Å². The minimum atomic E-state index is -1.15. The van der Waals surface area contributed by atoms with Crippen molar-refractivity contribution in [1.82, 2.24) is 5.32 Å². The molecule has 4 rings (SSSR count). The first kappa shape index (κ1) is 21.4. The lowest BCUT2D eigenvalue weighted by atomic mass is 9.98. The van der Waals surface area contributed by atoms with E-state index in [4.69, 9.17) is 8.83 Å². The Bertz CT molecular complexity index is 1400. The summed E-state index contributed by atoms with van der Waals surface area (Å²) in [5.74, 6) is -1.71. The van der Waals surface area contributed by atoms with Crippen molar-refractivity contribution in [1.29, 1.82) is 0 Å². The Labute approximate surface area is 183 Å². The predicted octanol–water partition coefficient (Wildman–Crippen LogP) is 3.82. The first-order chi connectivity index (χ1) is 15.3. The number of rotatable bonds is 6. The molecule has 164 valence electrons. The lowest BCUT2D eigenvalue weighted by Gasteiger charge is -2.15. The number of benzene rings is 2. The highest BCUT2D eigenvalue weighted by Gasteiger charge is 2.24. The number of amides is 1. The Hall–Kier alpha value is -3.87. The zero-order valence-corrected chi connectivity index (χ0v) is 18.0. The van der Waals surface area contributed by atoms with Gasteiger partial charge in [0.15, 0.2) is 0 Å². The van der Waals surface area contributed by atoms with E-state index in [1.807, 2.05) is 19.9 Å². The van der Waals surface area contributed by atoms with E-state index in [0.29, 0.717) is 22.1 Å². The van der Waals surface area contributed by atoms with Crippen LogP contribution in [-0.2, 0) is 22.4 Å². The lowest BCUT2D eigenvalue weighted by molar-refractivity contribution is -0.141. The van der Waals surface area contributed by atoms with Crippen LogP contribution in [0.3, 0.4) is 0 Å². The molecule has 1 amide bonds. The van der Waals surface area contributed by atoms with Gasteiger partial charge >= 0.3 is 11.6 Å². The molecule has 0 aliphatic carbocycles. The van der Waals surface area contributed by atoms with Crippen LogP contribution in [0.15, 0.2) is 56.3 Å². The third-order valence-electron chi connectivity index (χ3n) is 5.72. The maximum atomic E-state index is 12.7. The van der Waals surface area contributed by atoms with E-state index in [0.717, 1.165) is 22.1 Å². The summed E-state index contributed by atoms with van der Waals surface area (Å²) in [6, 6.07) is 9.71. The fourth-order valence-electron chi connectivity index (χ4n) is 4.13. The number of carboxylic acid groups (broad SMARTS) is 1. The summed E-state index contributed by atoms with van der Waals surface area (Å²) >= 11 is 0. The number of carboxylic acids is 1. The number of carbonyl (C=O) groups excluding carboxylic acids is 1. The number of aryl methyl sites for hydroxylation is 3. The fraction of sp³-hybridized carbons (Fsp3) is 0.240. The quantitative estimate of drug-likeness (QED) is 0.448. The number of hydrogen-bond acceptors (Lipinski definition) is 5. The third-order valence-corrected chi connectivity index (χ3v) is 5.72. The monoisotopic (exact) mass is 433 g/mol. The minimum Gasteiger partial charge on any atom is -0.480 e. The summed E-state index contributed by atoms with van der Waals surface area (Å²) in [6.07, 6.45) is 1.49. The molecule has 0 radical (unpaired) electrons. The third kappa shape index (κ3) is 3.89. The van der Waals surface area contributed by atoms with Gasteiger partial charge in [0.25, 0.3) is 0 Å². The van der Waals surface area contributed by atoms with Gasteiger partial charge in [0.2, 0.25) is 5.91 Å². The zero-order valence-electron chi connectivity index (χ0n) is 18.0. The van der Waals surface area contributed by atoms with Crippen LogP contribution in [-0.4, -0.2) is 23.0 Å². The normalized spacial score (nSPS) is 12.2. The van der Waals surface area contributed by atoms with Crippen LogP contribution in [0.2, 0.25) is 0 Å². The van der Waals surface area contributed by atoms with Crippen molar-refractivity contribution in [3.8, 4) is 0 Å². The molecule has 0 aliphatic rings. The average molecular weight is 433 g/mol. The molecule has 2 heterocycles. The zero-order chi connectivity index (χ0) is 23.0. The summed E-state index contributed by atoms with van der Waals surface area (Å²) in [6.45, 7) is 5.60. The van der Waals surface area contributed by atoms with Crippen LogP contribution >= 0.6 is 0 Å². The van der Waals surface area contributed by atoms with E-state index in [9.17, 15) is 19.5 Å². The molecule has 2 aromatic heterocycles. The number of carbonyl (C=O) groups is 2. The van der Waals surface area contributed by atoms with Gasteiger partial charge in [-0.15, -0.1) is 0 Å². The molecule has 0 saturated heterocycles. The molecule has 4 aromatic rings. The van der Waals surface area contributed by atoms with Gasteiger partial charge in [0.05, 0.1) is 23.6 Å². The topological polar surface area (TPSA) is 110 Å². The molecular weight excluding hydrogens is 410 g/mol. The summed E-state index contributed by atoms with van der Waals surface area (Å²) in [7, 11) is 0. The molecule has 0 fully saturated rings.